The van der Waals surface area contributed by atoms with Crippen molar-refractivity contribution < 1.29 is 4.79 Å². The second-order valence-electron chi connectivity index (χ2n) is 5.54. The Bertz CT molecular complexity index is 398. The van der Waals surface area contributed by atoms with E-state index < -0.39 is 6.04 Å². The van der Waals surface area contributed by atoms with Crippen molar-refractivity contribution in [2.45, 2.75) is 50.6 Å². The van der Waals surface area contributed by atoms with Gasteiger partial charge in [0.15, 0.2) is 0 Å². The molecule has 0 spiro atoms. The van der Waals surface area contributed by atoms with E-state index in [-0.39, 0.29) is 5.91 Å². The maximum atomic E-state index is 12.3. The van der Waals surface area contributed by atoms with Crippen molar-refractivity contribution in [3.63, 3.8) is 0 Å². The lowest BCUT2D eigenvalue weighted by atomic mass is 9.94. The van der Waals surface area contributed by atoms with Gasteiger partial charge in [-0.05, 0) is 24.8 Å². The summed E-state index contributed by atoms with van der Waals surface area (Å²) in [4.78, 5) is 14.2. The van der Waals surface area contributed by atoms with E-state index >= 15 is 0 Å². The highest BCUT2D eigenvalue weighted by atomic mass is 16.2. The van der Waals surface area contributed by atoms with E-state index in [4.69, 9.17) is 5.73 Å². The third kappa shape index (κ3) is 3.80. The molecule has 1 aromatic carbocycles. The van der Waals surface area contributed by atoms with Gasteiger partial charge in [-0.2, -0.15) is 0 Å². The van der Waals surface area contributed by atoms with Gasteiger partial charge >= 0.3 is 0 Å². The van der Waals surface area contributed by atoms with Gasteiger partial charge in [-0.15, -0.1) is 0 Å². The number of carbonyl (C=O) groups is 1. The molecule has 1 atom stereocenters. The smallest absolute Gasteiger partial charge is 0.239 e. The first-order valence-corrected chi connectivity index (χ1v) is 7.24. The number of hydrogen-bond donors (Lipinski definition) is 1. The number of amides is 1. The molecule has 1 aliphatic rings. The van der Waals surface area contributed by atoms with Crippen LogP contribution in [0.15, 0.2) is 30.3 Å². The molecule has 0 bridgehead atoms. The number of nitrogens with two attached hydrogens (primary N) is 1. The van der Waals surface area contributed by atoms with Gasteiger partial charge in [0.05, 0.1) is 6.04 Å². The Morgan fingerprint density at radius 3 is 2.53 bits per heavy atom. The van der Waals surface area contributed by atoms with Gasteiger partial charge in [0.2, 0.25) is 5.91 Å². The molecule has 0 heterocycles. The number of benzene rings is 1. The Morgan fingerprint density at radius 1 is 1.26 bits per heavy atom. The van der Waals surface area contributed by atoms with Crippen molar-refractivity contribution in [3.8, 4) is 0 Å². The van der Waals surface area contributed by atoms with Crippen molar-refractivity contribution in [1.82, 2.24) is 4.90 Å². The van der Waals surface area contributed by atoms with Crippen LogP contribution in [0.25, 0.3) is 0 Å². The average molecular weight is 260 g/mol. The molecule has 0 saturated heterocycles. The van der Waals surface area contributed by atoms with E-state index in [1.165, 1.54) is 19.3 Å². The molecule has 2 rings (SSSR count). The number of nitrogens with zero attached hydrogens (tertiary/aromatic N) is 1. The van der Waals surface area contributed by atoms with Crippen LogP contribution in [-0.4, -0.2) is 29.9 Å². The molecule has 1 aliphatic carbocycles. The standard InChI is InChI=1S/C16H24N2O/c1-18(14-10-6-3-7-11-14)16(19)15(17)12-13-8-4-2-5-9-13/h2,4-5,8-9,14-15H,3,6-7,10-12,17H2,1H3. The summed E-state index contributed by atoms with van der Waals surface area (Å²) in [7, 11) is 1.91. The molecule has 0 aromatic heterocycles. The molecule has 1 aromatic rings. The minimum absolute atomic E-state index is 0.0794. The van der Waals surface area contributed by atoms with Gasteiger partial charge in [-0.1, -0.05) is 49.6 Å². The molecule has 104 valence electrons. The zero-order valence-corrected chi connectivity index (χ0v) is 11.7. The van der Waals surface area contributed by atoms with Gasteiger partial charge in [-0.3, -0.25) is 4.79 Å². The Morgan fingerprint density at radius 2 is 1.89 bits per heavy atom. The molecule has 1 saturated carbocycles. The number of carbonyl (C=O) groups excluding carboxylic acids is 1. The van der Waals surface area contributed by atoms with Crippen LogP contribution >= 0.6 is 0 Å². The lowest BCUT2D eigenvalue weighted by Gasteiger charge is -2.32. The molecule has 1 fully saturated rings. The highest BCUT2D eigenvalue weighted by Crippen LogP contribution is 2.22. The largest absolute Gasteiger partial charge is 0.341 e. The summed E-state index contributed by atoms with van der Waals surface area (Å²) in [6.07, 6.45) is 6.64. The molecular formula is C16H24N2O. The van der Waals surface area contributed by atoms with Crippen LogP contribution in [0, 0.1) is 0 Å². The van der Waals surface area contributed by atoms with E-state index in [1.54, 1.807) is 0 Å². The fourth-order valence-corrected chi connectivity index (χ4v) is 2.87. The molecule has 3 heteroatoms. The first kappa shape index (κ1) is 14.1. The second-order valence-corrected chi connectivity index (χ2v) is 5.54. The van der Waals surface area contributed by atoms with Crippen LogP contribution < -0.4 is 5.73 Å². The Balaban J connectivity index is 1.90. The summed E-state index contributed by atoms with van der Waals surface area (Å²) in [5, 5.41) is 0. The lowest BCUT2D eigenvalue weighted by molar-refractivity contribution is -0.133. The molecular weight excluding hydrogens is 236 g/mol. The predicted molar refractivity (Wildman–Crippen MR) is 77.8 cm³/mol. The molecule has 2 N–H and O–H groups in total. The molecule has 3 nitrogen and oxygen atoms in total. The topological polar surface area (TPSA) is 46.3 Å². The van der Waals surface area contributed by atoms with E-state index in [0.29, 0.717) is 12.5 Å². The van der Waals surface area contributed by atoms with Gasteiger partial charge in [-0.25, -0.2) is 0 Å². The SMILES string of the molecule is CN(C(=O)C(N)Cc1ccccc1)C1CCCCC1. The van der Waals surface area contributed by atoms with Crippen molar-refractivity contribution in [2.24, 2.45) is 5.73 Å². The average Bonchev–Trinajstić information content (AvgIpc) is 2.47. The summed E-state index contributed by atoms with van der Waals surface area (Å²) in [5.74, 6) is 0.0794. The van der Waals surface area contributed by atoms with Crippen LogP contribution in [0.4, 0.5) is 0 Å². The quantitative estimate of drug-likeness (QED) is 0.903. The molecule has 0 radical (unpaired) electrons. The highest BCUT2D eigenvalue weighted by molar-refractivity contribution is 5.82. The Labute approximate surface area is 115 Å². The highest BCUT2D eigenvalue weighted by Gasteiger charge is 2.25. The maximum absolute atomic E-state index is 12.3. The summed E-state index contributed by atoms with van der Waals surface area (Å²) < 4.78 is 0. The minimum Gasteiger partial charge on any atom is -0.341 e. The number of rotatable bonds is 4. The fourth-order valence-electron chi connectivity index (χ4n) is 2.87. The third-order valence-electron chi connectivity index (χ3n) is 4.09. The zero-order valence-electron chi connectivity index (χ0n) is 11.7. The maximum Gasteiger partial charge on any atom is 0.239 e. The fraction of sp³-hybridized carbons (Fsp3) is 0.562. The van der Waals surface area contributed by atoms with Crippen LogP contribution in [0.1, 0.15) is 37.7 Å². The summed E-state index contributed by atoms with van der Waals surface area (Å²) >= 11 is 0. The third-order valence-corrected chi connectivity index (χ3v) is 4.09. The van der Waals surface area contributed by atoms with E-state index in [0.717, 1.165) is 18.4 Å². The van der Waals surface area contributed by atoms with Crippen LogP contribution in [0.2, 0.25) is 0 Å². The molecule has 19 heavy (non-hydrogen) atoms. The molecule has 1 unspecified atom stereocenters. The van der Waals surface area contributed by atoms with E-state index in [1.807, 2.05) is 42.3 Å². The van der Waals surface area contributed by atoms with Gasteiger partial charge in [0, 0.05) is 13.1 Å². The van der Waals surface area contributed by atoms with Crippen LogP contribution in [-0.2, 0) is 11.2 Å². The monoisotopic (exact) mass is 260 g/mol. The number of likely N-dealkylation sites (N-methyl/N-ethyl adjacent to an activating group) is 1. The Kier molecular flexibility index (Phi) is 4.97. The van der Waals surface area contributed by atoms with Crippen LogP contribution in [0.3, 0.4) is 0 Å². The van der Waals surface area contributed by atoms with E-state index in [9.17, 15) is 4.79 Å². The normalized spacial score (nSPS) is 18.0. The Hall–Kier alpha value is -1.35. The van der Waals surface area contributed by atoms with Crippen molar-refractivity contribution in [1.29, 1.82) is 0 Å². The summed E-state index contributed by atoms with van der Waals surface area (Å²) in [6.45, 7) is 0. The van der Waals surface area contributed by atoms with Crippen molar-refractivity contribution >= 4 is 5.91 Å². The summed E-state index contributed by atoms with van der Waals surface area (Å²) in [5.41, 5.74) is 7.19. The van der Waals surface area contributed by atoms with Gasteiger partial charge < -0.3 is 10.6 Å². The van der Waals surface area contributed by atoms with E-state index in [2.05, 4.69) is 0 Å². The second kappa shape index (κ2) is 6.71. The first-order valence-electron chi connectivity index (χ1n) is 7.24. The van der Waals surface area contributed by atoms with Gasteiger partial charge in [0.25, 0.3) is 0 Å². The molecule has 0 aliphatic heterocycles. The zero-order chi connectivity index (χ0) is 13.7. The minimum atomic E-state index is -0.422. The lowest BCUT2D eigenvalue weighted by Crippen LogP contribution is -2.48. The predicted octanol–water partition coefficient (Wildman–Crippen LogP) is 2.35. The van der Waals surface area contributed by atoms with Crippen molar-refractivity contribution in [3.05, 3.63) is 35.9 Å². The summed E-state index contributed by atoms with van der Waals surface area (Å²) in [6, 6.07) is 9.96. The number of hydrogen-bond acceptors (Lipinski definition) is 2. The van der Waals surface area contributed by atoms with Crippen molar-refractivity contribution in [2.75, 3.05) is 7.05 Å². The molecule has 1 amide bonds. The first-order chi connectivity index (χ1) is 9.18. The van der Waals surface area contributed by atoms with Crippen LogP contribution in [0.5, 0.6) is 0 Å². The van der Waals surface area contributed by atoms with Gasteiger partial charge in [0.1, 0.15) is 0 Å².